The highest BCUT2D eigenvalue weighted by Gasteiger charge is 2.35. The molecule has 1 atom stereocenters. The molecule has 1 aliphatic carbocycles. The third-order valence-electron chi connectivity index (χ3n) is 5.54. The van der Waals surface area contributed by atoms with Crippen LogP contribution in [0, 0.1) is 11.8 Å². The van der Waals surface area contributed by atoms with Gasteiger partial charge in [0.1, 0.15) is 0 Å². The lowest BCUT2D eigenvalue weighted by atomic mass is 9.88. The highest BCUT2D eigenvalue weighted by molar-refractivity contribution is 8.14. The van der Waals surface area contributed by atoms with Crippen LogP contribution in [0.25, 0.3) is 0 Å². The Morgan fingerprint density at radius 2 is 1.86 bits per heavy atom. The maximum Gasteiger partial charge on any atom is 0.309 e. The average Bonchev–Trinajstić information content (AvgIpc) is 2.91. The molecule has 1 saturated heterocycles. The number of amidine groups is 1. The summed E-state index contributed by atoms with van der Waals surface area (Å²) in [5.74, 6) is -0.527. The van der Waals surface area contributed by atoms with Crippen LogP contribution in [0.15, 0.2) is 5.10 Å². The molecule has 2 amide bonds. The highest BCUT2D eigenvalue weighted by atomic mass is 32.2. The Labute approximate surface area is 172 Å². The van der Waals surface area contributed by atoms with Crippen molar-refractivity contribution in [2.24, 2.45) is 16.9 Å². The van der Waals surface area contributed by atoms with Gasteiger partial charge in [0.05, 0.1) is 6.04 Å². The van der Waals surface area contributed by atoms with Gasteiger partial charge >= 0.3 is 5.91 Å². The zero-order chi connectivity index (χ0) is 20.9. The van der Waals surface area contributed by atoms with Crippen molar-refractivity contribution < 1.29 is 14.4 Å². The maximum atomic E-state index is 12.7. The SMILES string of the molecule is CC(C)CC(NC(=O)C1CCCCC1)C(=O)C(=O)NN=C1SCC(C)(C)N1C. The van der Waals surface area contributed by atoms with E-state index >= 15 is 0 Å². The van der Waals surface area contributed by atoms with Crippen LogP contribution in [0.1, 0.15) is 66.2 Å². The molecule has 0 aromatic heterocycles. The Morgan fingerprint density at radius 3 is 2.39 bits per heavy atom. The zero-order valence-corrected chi connectivity index (χ0v) is 18.5. The third-order valence-corrected chi connectivity index (χ3v) is 7.02. The molecule has 0 spiro atoms. The second kappa shape index (κ2) is 9.76. The summed E-state index contributed by atoms with van der Waals surface area (Å²) in [6, 6.07) is -0.806. The van der Waals surface area contributed by atoms with E-state index in [1.807, 2.05) is 25.8 Å². The van der Waals surface area contributed by atoms with Crippen molar-refractivity contribution in [3.8, 4) is 0 Å². The van der Waals surface area contributed by atoms with Crippen molar-refractivity contribution >= 4 is 34.5 Å². The van der Waals surface area contributed by atoms with Gasteiger partial charge in [-0.05, 0) is 39.0 Å². The van der Waals surface area contributed by atoms with Crippen LogP contribution >= 0.6 is 11.8 Å². The largest absolute Gasteiger partial charge is 0.347 e. The predicted molar refractivity (Wildman–Crippen MR) is 113 cm³/mol. The van der Waals surface area contributed by atoms with E-state index in [-0.39, 0.29) is 23.3 Å². The maximum absolute atomic E-state index is 12.7. The topological polar surface area (TPSA) is 90.9 Å². The number of ketones is 1. The van der Waals surface area contributed by atoms with E-state index in [2.05, 4.69) is 29.7 Å². The smallest absolute Gasteiger partial charge is 0.309 e. The number of nitrogens with zero attached hydrogens (tertiary/aromatic N) is 2. The molecule has 1 unspecified atom stereocenters. The van der Waals surface area contributed by atoms with Gasteiger partial charge in [0.15, 0.2) is 5.17 Å². The van der Waals surface area contributed by atoms with Gasteiger partial charge in [0.2, 0.25) is 11.7 Å². The van der Waals surface area contributed by atoms with Crippen LogP contribution < -0.4 is 10.7 Å². The van der Waals surface area contributed by atoms with Gasteiger partial charge in [0, 0.05) is 24.3 Å². The number of Topliss-reactive ketones (excluding diaryl/α,β-unsaturated/α-hetero) is 1. The summed E-state index contributed by atoms with van der Waals surface area (Å²) in [5, 5.41) is 7.64. The van der Waals surface area contributed by atoms with Crippen LogP contribution in [-0.4, -0.2) is 52.0 Å². The van der Waals surface area contributed by atoms with Crippen molar-refractivity contribution in [3.63, 3.8) is 0 Å². The lowest BCUT2D eigenvalue weighted by Gasteiger charge is -2.27. The van der Waals surface area contributed by atoms with E-state index in [0.717, 1.165) is 37.9 Å². The first-order valence-electron chi connectivity index (χ1n) is 10.2. The van der Waals surface area contributed by atoms with Crippen molar-refractivity contribution in [1.29, 1.82) is 0 Å². The van der Waals surface area contributed by atoms with Crippen LogP contribution in [0.4, 0.5) is 0 Å². The summed E-state index contributed by atoms with van der Waals surface area (Å²) < 4.78 is 0. The lowest BCUT2D eigenvalue weighted by molar-refractivity contribution is -0.140. The first-order valence-corrected chi connectivity index (χ1v) is 11.2. The van der Waals surface area contributed by atoms with E-state index in [1.165, 1.54) is 11.8 Å². The van der Waals surface area contributed by atoms with Crippen molar-refractivity contribution in [3.05, 3.63) is 0 Å². The summed E-state index contributed by atoms with van der Waals surface area (Å²) in [7, 11) is 1.92. The summed E-state index contributed by atoms with van der Waals surface area (Å²) in [4.78, 5) is 39.6. The minimum absolute atomic E-state index is 0.0492. The molecule has 2 aliphatic rings. The molecule has 2 fully saturated rings. The van der Waals surface area contributed by atoms with E-state index in [0.29, 0.717) is 11.6 Å². The van der Waals surface area contributed by atoms with Crippen LogP contribution in [0.5, 0.6) is 0 Å². The Balaban J connectivity index is 1.99. The number of hydrazone groups is 1. The number of nitrogens with one attached hydrogen (secondary N) is 2. The van der Waals surface area contributed by atoms with Gasteiger partial charge < -0.3 is 10.2 Å². The summed E-state index contributed by atoms with van der Waals surface area (Å²) >= 11 is 1.54. The van der Waals surface area contributed by atoms with E-state index in [4.69, 9.17) is 0 Å². The van der Waals surface area contributed by atoms with E-state index in [9.17, 15) is 14.4 Å². The quantitative estimate of drug-likeness (QED) is 0.497. The Kier molecular flexibility index (Phi) is 7.92. The molecule has 2 N–H and O–H groups in total. The fourth-order valence-corrected chi connectivity index (χ4v) is 4.70. The second-order valence-corrected chi connectivity index (χ2v) is 9.83. The molecule has 2 rings (SSSR count). The Morgan fingerprint density at radius 1 is 1.21 bits per heavy atom. The molecule has 7 nitrogen and oxygen atoms in total. The van der Waals surface area contributed by atoms with Crippen LogP contribution in [-0.2, 0) is 14.4 Å². The predicted octanol–water partition coefficient (Wildman–Crippen LogP) is 2.51. The number of rotatable bonds is 7. The molecule has 0 bridgehead atoms. The minimum atomic E-state index is -0.806. The van der Waals surface area contributed by atoms with E-state index in [1.54, 1.807) is 0 Å². The second-order valence-electron chi connectivity index (χ2n) is 8.89. The molecule has 8 heteroatoms. The number of amides is 2. The Bertz CT molecular complexity index is 627. The molecular formula is C20H34N4O3S. The molecule has 0 aromatic rings. The monoisotopic (exact) mass is 410 g/mol. The number of hydrogen-bond acceptors (Lipinski definition) is 5. The van der Waals surface area contributed by atoms with Crippen molar-refractivity contribution in [1.82, 2.24) is 15.6 Å². The third kappa shape index (κ3) is 5.96. The van der Waals surface area contributed by atoms with Gasteiger partial charge in [-0.2, -0.15) is 0 Å². The molecule has 1 heterocycles. The van der Waals surface area contributed by atoms with E-state index < -0.39 is 17.7 Å². The van der Waals surface area contributed by atoms with Crippen LogP contribution in [0.3, 0.4) is 0 Å². The first kappa shape index (κ1) is 22.7. The molecule has 28 heavy (non-hydrogen) atoms. The van der Waals surface area contributed by atoms with Crippen molar-refractivity contribution in [2.45, 2.75) is 77.8 Å². The molecular weight excluding hydrogens is 376 g/mol. The molecule has 0 radical (unpaired) electrons. The number of carbonyl (C=O) groups excluding carboxylic acids is 3. The zero-order valence-electron chi connectivity index (χ0n) is 17.7. The number of carbonyl (C=O) groups is 3. The fraction of sp³-hybridized carbons (Fsp3) is 0.800. The summed E-state index contributed by atoms with van der Waals surface area (Å²) in [5.41, 5.74) is 2.34. The first-order chi connectivity index (χ1) is 13.1. The number of thioether (sulfide) groups is 1. The molecule has 158 valence electrons. The van der Waals surface area contributed by atoms with Gasteiger partial charge in [-0.1, -0.05) is 44.9 Å². The van der Waals surface area contributed by atoms with Crippen molar-refractivity contribution in [2.75, 3.05) is 12.8 Å². The Hall–Kier alpha value is -1.57. The summed E-state index contributed by atoms with van der Waals surface area (Å²) in [6.07, 6.45) is 5.38. The molecule has 1 aliphatic heterocycles. The van der Waals surface area contributed by atoms with Gasteiger partial charge in [0.25, 0.3) is 0 Å². The average molecular weight is 411 g/mol. The number of hydrogen-bond donors (Lipinski definition) is 2. The standard InChI is InChI=1S/C20H34N4O3S/c1-13(2)11-15(21-17(26)14-9-7-6-8-10-14)16(25)18(27)22-23-19-24(5)20(3,4)12-28-19/h13-15H,6-12H2,1-5H3,(H,21,26)(H,22,27). The highest BCUT2D eigenvalue weighted by Crippen LogP contribution is 2.30. The normalized spacial score (nSPS) is 22.4. The summed E-state index contributed by atoms with van der Waals surface area (Å²) in [6.45, 7) is 8.12. The fourth-order valence-electron chi connectivity index (χ4n) is 3.47. The van der Waals surface area contributed by atoms with Crippen LogP contribution in [0.2, 0.25) is 0 Å². The molecule has 1 saturated carbocycles. The van der Waals surface area contributed by atoms with Gasteiger partial charge in [-0.25, -0.2) is 5.43 Å². The lowest BCUT2D eigenvalue weighted by Crippen LogP contribution is -2.49. The molecule has 0 aromatic carbocycles. The van der Waals surface area contributed by atoms with Gasteiger partial charge in [-0.15, -0.1) is 5.10 Å². The van der Waals surface area contributed by atoms with Gasteiger partial charge in [-0.3, -0.25) is 14.4 Å². The minimum Gasteiger partial charge on any atom is -0.347 e.